The van der Waals surface area contributed by atoms with Crippen molar-refractivity contribution in [3.63, 3.8) is 0 Å². The van der Waals surface area contributed by atoms with Gasteiger partial charge in [-0.2, -0.15) is 0 Å². The molecule has 0 aromatic heterocycles. The maximum absolute atomic E-state index is 12.1. The summed E-state index contributed by atoms with van der Waals surface area (Å²) in [6.07, 6.45) is 0.560. The second kappa shape index (κ2) is 7.61. The molecule has 0 bridgehead atoms. The van der Waals surface area contributed by atoms with Crippen LogP contribution in [0, 0.1) is 0 Å². The molecule has 0 atom stereocenters. The summed E-state index contributed by atoms with van der Waals surface area (Å²) in [5, 5.41) is 1.68. The molecular weight excluding hydrogens is 427 g/mol. The first-order valence-corrected chi connectivity index (χ1v) is 10.7. The van der Waals surface area contributed by atoms with E-state index in [1.165, 1.54) is 0 Å². The van der Waals surface area contributed by atoms with Gasteiger partial charge in [0, 0.05) is 21.1 Å². The quantitative estimate of drug-likeness (QED) is 0.575. The molecule has 114 valence electrons. The highest BCUT2D eigenvalue weighted by Crippen LogP contribution is 2.34. The first-order chi connectivity index (χ1) is 9.27. The Morgan fingerprint density at radius 1 is 1.25 bits per heavy atom. The van der Waals surface area contributed by atoms with Crippen molar-refractivity contribution in [2.24, 2.45) is 0 Å². The summed E-state index contributed by atoms with van der Waals surface area (Å²) in [7, 11) is -3.04. The number of halogens is 3. The summed E-state index contributed by atoms with van der Waals surface area (Å²) in [4.78, 5) is 0. The summed E-state index contributed by atoms with van der Waals surface area (Å²) in [5.41, 5.74) is 0.782. The third-order valence-electron chi connectivity index (χ3n) is 3.53. The van der Waals surface area contributed by atoms with E-state index in [9.17, 15) is 8.42 Å². The zero-order chi connectivity index (χ0) is 15.4. The Balaban J connectivity index is 3.05. The molecule has 0 radical (unpaired) electrons. The Hall–Kier alpha value is 0.420. The van der Waals surface area contributed by atoms with Gasteiger partial charge in [0.25, 0.3) is 0 Å². The monoisotopic (exact) mass is 444 g/mol. The first-order valence-electron chi connectivity index (χ1n) is 6.37. The second-order valence-electron chi connectivity index (χ2n) is 5.22. The Kier molecular flexibility index (Phi) is 7.03. The van der Waals surface area contributed by atoms with Crippen molar-refractivity contribution in [3.8, 4) is 0 Å². The molecule has 0 aliphatic carbocycles. The minimum atomic E-state index is -3.04. The van der Waals surface area contributed by atoms with Crippen LogP contribution in [0.4, 0.5) is 0 Å². The highest BCUT2D eigenvalue weighted by Gasteiger charge is 2.32. The lowest BCUT2D eigenvalue weighted by atomic mass is 9.82. The van der Waals surface area contributed by atoms with Crippen LogP contribution in [-0.4, -0.2) is 30.1 Å². The van der Waals surface area contributed by atoms with Crippen LogP contribution in [0.1, 0.15) is 25.8 Å². The fourth-order valence-electron chi connectivity index (χ4n) is 1.86. The van der Waals surface area contributed by atoms with Gasteiger partial charge in [0.2, 0.25) is 0 Å². The van der Waals surface area contributed by atoms with Crippen LogP contribution >= 0.6 is 43.5 Å². The number of sulfone groups is 1. The summed E-state index contributed by atoms with van der Waals surface area (Å²) in [5.74, 6) is 0.175. The van der Waals surface area contributed by atoms with Crippen LogP contribution in [-0.2, 0) is 15.3 Å². The summed E-state index contributed by atoms with van der Waals surface area (Å²) < 4.78 is 24.1. The first kappa shape index (κ1) is 18.5. The Bertz CT molecular complexity index is 540. The molecule has 2 nitrogen and oxygen atoms in total. The zero-order valence-electron chi connectivity index (χ0n) is 11.6. The van der Waals surface area contributed by atoms with E-state index >= 15 is 0 Å². The SMILES string of the molecule is CC(C)S(=O)(=O)CCC(CBr)(CBr)c1cccc(Cl)c1. The molecule has 0 aliphatic heterocycles. The maximum Gasteiger partial charge on any atom is 0.152 e. The highest BCUT2D eigenvalue weighted by molar-refractivity contribution is 9.09. The van der Waals surface area contributed by atoms with Crippen LogP contribution in [0.25, 0.3) is 0 Å². The molecule has 0 aliphatic rings. The maximum atomic E-state index is 12.1. The van der Waals surface area contributed by atoms with Crippen LogP contribution in [0.2, 0.25) is 5.02 Å². The molecule has 0 fully saturated rings. The van der Waals surface area contributed by atoms with Crippen molar-refractivity contribution in [1.29, 1.82) is 0 Å². The average Bonchev–Trinajstić information content (AvgIpc) is 2.40. The Morgan fingerprint density at radius 3 is 2.30 bits per heavy atom. The van der Waals surface area contributed by atoms with Crippen LogP contribution in [0.15, 0.2) is 24.3 Å². The van der Waals surface area contributed by atoms with Gasteiger partial charge in [-0.25, -0.2) is 8.42 Å². The lowest BCUT2D eigenvalue weighted by Crippen LogP contribution is -2.34. The zero-order valence-corrected chi connectivity index (χ0v) is 16.3. The predicted molar refractivity (Wildman–Crippen MR) is 94.3 cm³/mol. The summed E-state index contributed by atoms with van der Waals surface area (Å²) in [6.45, 7) is 3.44. The van der Waals surface area contributed by atoms with Gasteiger partial charge < -0.3 is 0 Å². The molecule has 1 rings (SSSR count). The van der Waals surface area contributed by atoms with E-state index in [2.05, 4.69) is 31.9 Å². The third kappa shape index (κ3) is 4.46. The van der Waals surface area contributed by atoms with E-state index in [0.717, 1.165) is 5.56 Å². The predicted octanol–water partition coefficient (Wildman–Crippen LogP) is 4.58. The fraction of sp³-hybridized carbons (Fsp3) is 0.571. The Morgan fingerprint density at radius 2 is 1.85 bits per heavy atom. The van der Waals surface area contributed by atoms with Crippen molar-refractivity contribution in [2.45, 2.75) is 30.9 Å². The molecule has 1 aromatic carbocycles. The van der Waals surface area contributed by atoms with Gasteiger partial charge in [0.05, 0.1) is 11.0 Å². The standard InChI is InChI=1S/C14H19Br2ClO2S/c1-11(2)20(18,19)7-6-14(9-15,10-16)12-4-3-5-13(17)8-12/h3-5,8,11H,6-7,9-10H2,1-2H3. The molecule has 0 spiro atoms. The molecule has 0 saturated carbocycles. The number of hydrogen-bond donors (Lipinski definition) is 0. The van der Waals surface area contributed by atoms with E-state index in [0.29, 0.717) is 22.1 Å². The topological polar surface area (TPSA) is 34.1 Å². The average molecular weight is 447 g/mol. The summed E-state index contributed by atoms with van der Waals surface area (Å²) in [6, 6.07) is 7.63. The molecule has 0 unspecified atom stereocenters. The minimum absolute atomic E-state index is 0.175. The lowest BCUT2D eigenvalue weighted by molar-refractivity contribution is 0.520. The van der Waals surface area contributed by atoms with Crippen molar-refractivity contribution < 1.29 is 8.42 Å². The number of hydrogen-bond acceptors (Lipinski definition) is 2. The number of benzene rings is 1. The highest BCUT2D eigenvalue weighted by atomic mass is 79.9. The number of rotatable bonds is 7. The van der Waals surface area contributed by atoms with E-state index in [4.69, 9.17) is 11.6 Å². The van der Waals surface area contributed by atoms with E-state index < -0.39 is 9.84 Å². The minimum Gasteiger partial charge on any atom is -0.229 e. The van der Waals surface area contributed by atoms with Crippen LogP contribution in [0.3, 0.4) is 0 Å². The molecular formula is C14H19Br2ClO2S. The third-order valence-corrected chi connectivity index (χ3v) is 8.12. The van der Waals surface area contributed by atoms with Crippen molar-refractivity contribution in [2.75, 3.05) is 16.4 Å². The van der Waals surface area contributed by atoms with Gasteiger partial charge in [-0.15, -0.1) is 0 Å². The van der Waals surface area contributed by atoms with Gasteiger partial charge in [0.15, 0.2) is 9.84 Å². The van der Waals surface area contributed by atoms with Gasteiger partial charge >= 0.3 is 0 Å². The van der Waals surface area contributed by atoms with Gasteiger partial charge in [-0.3, -0.25) is 0 Å². The van der Waals surface area contributed by atoms with Gasteiger partial charge in [0.1, 0.15) is 0 Å². The van der Waals surface area contributed by atoms with E-state index in [-0.39, 0.29) is 16.4 Å². The molecule has 1 aromatic rings. The lowest BCUT2D eigenvalue weighted by Gasteiger charge is -2.31. The molecule has 6 heteroatoms. The van der Waals surface area contributed by atoms with E-state index in [1.54, 1.807) is 13.8 Å². The van der Waals surface area contributed by atoms with Crippen molar-refractivity contribution in [3.05, 3.63) is 34.9 Å². The molecule has 0 heterocycles. The smallest absolute Gasteiger partial charge is 0.152 e. The normalized spacial score (nSPS) is 12.9. The van der Waals surface area contributed by atoms with Gasteiger partial charge in [-0.1, -0.05) is 55.6 Å². The van der Waals surface area contributed by atoms with Gasteiger partial charge in [-0.05, 0) is 38.0 Å². The van der Waals surface area contributed by atoms with Crippen LogP contribution < -0.4 is 0 Å². The molecule has 0 saturated heterocycles. The van der Waals surface area contributed by atoms with Crippen molar-refractivity contribution >= 4 is 53.3 Å². The molecule has 0 N–H and O–H groups in total. The summed E-state index contributed by atoms with van der Waals surface area (Å²) >= 11 is 13.1. The Labute approximate surface area is 143 Å². The molecule has 0 amide bonds. The molecule has 20 heavy (non-hydrogen) atoms. The fourth-order valence-corrected chi connectivity index (χ4v) is 5.33. The second-order valence-corrected chi connectivity index (χ2v) is 9.46. The van der Waals surface area contributed by atoms with Crippen LogP contribution in [0.5, 0.6) is 0 Å². The van der Waals surface area contributed by atoms with Crippen molar-refractivity contribution in [1.82, 2.24) is 0 Å². The largest absolute Gasteiger partial charge is 0.229 e. The van der Waals surface area contributed by atoms with E-state index in [1.807, 2.05) is 24.3 Å². The number of alkyl halides is 2.